The molecule has 0 aliphatic heterocycles. The van der Waals surface area contributed by atoms with Crippen molar-refractivity contribution in [3.05, 3.63) is 0 Å². The molecule has 0 heterocycles. The molecule has 0 bridgehead atoms. The van der Waals surface area contributed by atoms with E-state index in [-0.39, 0.29) is 17.8 Å². The van der Waals surface area contributed by atoms with Crippen molar-refractivity contribution in [1.82, 2.24) is 4.90 Å². The maximum atomic E-state index is 12.5. The van der Waals surface area contributed by atoms with Gasteiger partial charge in [0.05, 0.1) is 0 Å². The first-order chi connectivity index (χ1) is 8.20. The predicted molar refractivity (Wildman–Crippen MR) is 73.5 cm³/mol. The fourth-order valence-corrected chi connectivity index (χ4v) is 1.98. The standard InChI is InChI=1S/C13H27N3O2/c1-7-13(5,11(14)15-18)12(17)16(6)10(4)8-9(2)3/h9-10,18H,7-8H2,1-6H3,(H2,14,15). The van der Waals surface area contributed by atoms with Gasteiger partial charge in [-0.05, 0) is 32.6 Å². The first-order valence-electron chi connectivity index (χ1n) is 6.45. The van der Waals surface area contributed by atoms with Crippen LogP contribution in [0.3, 0.4) is 0 Å². The smallest absolute Gasteiger partial charge is 0.236 e. The molecular weight excluding hydrogens is 230 g/mol. The molecule has 2 atom stereocenters. The van der Waals surface area contributed by atoms with Gasteiger partial charge in [0.1, 0.15) is 5.41 Å². The Balaban J connectivity index is 5.01. The van der Waals surface area contributed by atoms with E-state index in [9.17, 15) is 4.79 Å². The highest BCUT2D eigenvalue weighted by molar-refractivity contribution is 6.06. The van der Waals surface area contributed by atoms with Gasteiger partial charge in [0.15, 0.2) is 5.84 Å². The van der Waals surface area contributed by atoms with E-state index in [1.165, 1.54) is 0 Å². The zero-order valence-corrected chi connectivity index (χ0v) is 12.4. The van der Waals surface area contributed by atoms with E-state index in [1.807, 2.05) is 13.8 Å². The van der Waals surface area contributed by atoms with E-state index in [2.05, 4.69) is 19.0 Å². The molecule has 0 spiro atoms. The van der Waals surface area contributed by atoms with Gasteiger partial charge in [-0.15, -0.1) is 0 Å². The van der Waals surface area contributed by atoms with E-state index in [1.54, 1.807) is 18.9 Å². The molecule has 0 radical (unpaired) electrons. The number of oxime groups is 1. The van der Waals surface area contributed by atoms with E-state index in [4.69, 9.17) is 10.9 Å². The van der Waals surface area contributed by atoms with Crippen LogP contribution in [0.1, 0.15) is 47.5 Å². The summed E-state index contributed by atoms with van der Waals surface area (Å²) in [6.45, 7) is 9.83. The first kappa shape index (κ1) is 16.7. The van der Waals surface area contributed by atoms with Crippen molar-refractivity contribution in [2.75, 3.05) is 7.05 Å². The van der Waals surface area contributed by atoms with E-state index in [0.29, 0.717) is 12.3 Å². The quantitative estimate of drug-likeness (QED) is 0.331. The first-order valence-corrected chi connectivity index (χ1v) is 6.45. The third-order valence-electron chi connectivity index (χ3n) is 3.65. The monoisotopic (exact) mass is 257 g/mol. The van der Waals surface area contributed by atoms with Crippen LogP contribution in [-0.4, -0.2) is 34.9 Å². The molecule has 106 valence electrons. The molecule has 0 aliphatic carbocycles. The highest BCUT2D eigenvalue weighted by Crippen LogP contribution is 2.26. The number of carbonyl (C=O) groups excluding carboxylic acids is 1. The molecule has 18 heavy (non-hydrogen) atoms. The average Bonchev–Trinajstić information content (AvgIpc) is 2.33. The maximum Gasteiger partial charge on any atom is 0.236 e. The van der Waals surface area contributed by atoms with Gasteiger partial charge in [-0.2, -0.15) is 0 Å². The largest absolute Gasteiger partial charge is 0.409 e. The van der Waals surface area contributed by atoms with Gasteiger partial charge in [0.25, 0.3) is 0 Å². The minimum Gasteiger partial charge on any atom is -0.409 e. The summed E-state index contributed by atoms with van der Waals surface area (Å²) in [5.41, 5.74) is 4.72. The number of amidine groups is 1. The van der Waals surface area contributed by atoms with Crippen LogP contribution < -0.4 is 5.73 Å². The Labute approximate surface area is 110 Å². The summed E-state index contributed by atoms with van der Waals surface area (Å²) in [4.78, 5) is 14.2. The summed E-state index contributed by atoms with van der Waals surface area (Å²) in [6, 6.07) is 0.134. The van der Waals surface area contributed by atoms with Gasteiger partial charge >= 0.3 is 0 Å². The lowest BCUT2D eigenvalue weighted by Crippen LogP contribution is -2.50. The van der Waals surface area contributed by atoms with Crippen molar-refractivity contribution in [2.45, 2.75) is 53.5 Å². The zero-order valence-electron chi connectivity index (χ0n) is 12.4. The van der Waals surface area contributed by atoms with Crippen LogP contribution in [0.25, 0.3) is 0 Å². The van der Waals surface area contributed by atoms with Crippen LogP contribution in [0, 0.1) is 11.3 Å². The SMILES string of the molecule is CCC(C)(C(=O)N(C)C(C)CC(C)C)C(N)=NO. The molecule has 5 heteroatoms. The Morgan fingerprint density at radius 1 is 1.44 bits per heavy atom. The molecule has 0 fully saturated rings. The minimum absolute atomic E-state index is 0.0291. The fourth-order valence-electron chi connectivity index (χ4n) is 1.98. The summed E-state index contributed by atoms with van der Waals surface area (Å²) in [6.07, 6.45) is 1.43. The summed E-state index contributed by atoms with van der Waals surface area (Å²) < 4.78 is 0. The van der Waals surface area contributed by atoms with Crippen molar-refractivity contribution < 1.29 is 10.0 Å². The number of rotatable bonds is 6. The van der Waals surface area contributed by atoms with Crippen LogP contribution in [0.2, 0.25) is 0 Å². The number of carbonyl (C=O) groups is 1. The molecule has 0 saturated carbocycles. The summed E-state index contributed by atoms with van der Waals surface area (Å²) in [5, 5.41) is 11.8. The molecule has 0 rings (SSSR count). The van der Waals surface area contributed by atoms with Crippen molar-refractivity contribution in [3.63, 3.8) is 0 Å². The number of hydrogen-bond acceptors (Lipinski definition) is 3. The fraction of sp³-hybridized carbons (Fsp3) is 0.846. The predicted octanol–water partition coefficient (Wildman–Crippen LogP) is 2.04. The lowest BCUT2D eigenvalue weighted by Gasteiger charge is -2.34. The highest BCUT2D eigenvalue weighted by atomic mass is 16.4. The van der Waals surface area contributed by atoms with Gasteiger partial charge < -0.3 is 15.8 Å². The van der Waals surface area contributed by atoms with Crippen molar-refractivity contribution in [2.24, 2.45) is 22.2 Å². The molecule has 0 aromatic rings. The lowest BCUT2D eigenvalue weighted by atomic mass is 9.84. The average molecular weight is 257 g/mol. The van der Waals surface area contributed by atoms with Crippen molar-refractivity contribution in [3.8, 4) is 0 Å². The van der Waals surface area contributed by atoms with E-state index < -0.39 is 5.41 Å². The number of amides is 1. The second-order valence-electron chi connectivity index (χ2n) is 5.57. The summed E-state index contributed by atoms with van der Waals surface area (Å²) >= 11 is 0. The van der Waals surface area contributed by atoms with Crippen LogP contribution in [0.5, 0.6) is 0 Å². The molecule has 0 aliphatic rings. The Hall–Kier alpha value is -1.26. The number of hydrogen-bond donors (Lipinski definition) is 2. The molecule has 0 aromatic heterocycles. The van der Waals surface area contributed by atoms with Crippen LogP contribution >= 0.6 is 0 Å². The maximum absolute atomic E-state index is 12.5. The molecule has 0 aromatic carbocycles. The summed E-state index contributed by atoms with van der Waals surface area (Å²) in [7, 11) is 1.77. The van der Waals surface area contributed by atoms with Crippen molar-refractivity contribution in [1.29, 1.82) is 0 Å². The van der Waals surface area contributed by atoms with Gasteiger partial charge in [-0.3, -0.25) is 4.79 Å². The van der Waals surface area contributed by atoms with Crippen molar-refractivity contribution >= 4 is 11.7 Å². The Morgan fingerprint density at radius 2 is 1.94 bits per heavy atom. The Kier molecular flexibility index (Phi) is 6.15. The topological polar surface area (TPSA) is 78.9 Å². The lowest BCUT2D eigenvalue weighted by molar-refractivity contribution is -0.138. The van der Waals surface area contributed by atoms with Crippen LogP contribution in [0.4, 0.5) is 0 Å². The van der Waals surface area contributed by atoms with E-state index in [0.717, 1.165) is 6.42 Å². The highest BCUT2D eigenvalue weighted by Gasteiger charge is 2.39. The van der Waals surface area contributed by atoms with E-state index >= 15 is 0 Å². The molecule has 2 unspecified atom stereocenters. The van der Waals surface area contributed by atoms with Crippen LogP contribution in [-0.2, 0) is 4.79 Å². The number of nitrogens with two attached hydrogens (primary N) is 1. The minimum atomic E-state index is -0.936. The van der Waals surface area contributed by atoms with Crippen LogP contribution in [0.15, 0.2) is 5.16 Å². The van der Waals surface area contributed by atoms with Gasteiger partial charge in [0, 0.05) is 13.1 Å². The Morgan fingerprint density at radius 3 is 2.28 bits per heavy atom. The molecule has 3 N–H and O–H groups in total. The van der Waals surface area contributed by atoms with Gasteiger partial charge in [-0.25, -0.2) is 0 Å². The second-order valence-corrected chi connectivity index (χ2v) is 5.57. The normalized spacial score (nSPS) is 17.4. The van der Waals surface area contributed by atoms with Gasteiger partial charge in [0.2, 0.25) is 5.91 Å². The molecule has 1 amide bonds. The zero-order chi connectivity index (χ0) is 14.5. The number of nitrogens with zero attached hydrogens (tertiary/aromatic N) is 2. The molecule has 0 saturated heterocycles. The third-order valence-corrected chi connectivity index (χ3v) is 3.65. The second kappa shape index (κ2) is 6.61. The van der Waals surface area contributed by atoms with Gasteiger partial charge in [-0.1, -0.05) is 25.9 Å². The summed E-state index contributed by atoms with van der Waals surface area (Å²) in [5.74, 6) is 0.388. The molecule has 5 nitrogen and oxygen atoms in total. The Bertz CT molecular complexity index is 315. The molecular formula is C13H27N3O2. The third kappa shape index (κ3) is 3.62.